The van der Waals surface area contributed by atoms with Crippen molar-refractivity contribution in [1.82, 2.24) is 0 Å². The average Bonchev–Trinajstić information content (AvgIpc) is 2.49. The minimum Gasteiger partial charge on any atom is -0.207 e. The standard InChI is InChI=1S/C18H12F2S/c19-14-8-4-12(5-9-14)16-2-1-3-17(21)18(16)13-6-10-15(20)11-7-13/h1-11,21H. The molecule has 0 saturated carbocycles. The number of rotatable bonds is 2. The average molecular weight is 298 g/mol. The van der Waals surface area contributed by atoms with E-state index in [9.17, 15) is 8.78 Å². The van der Waals surface area contributed by atoms with Crippen molar-refractivity contribution in [3.63, 3.8) is 0 Å². The van der Waals surface area contributed by atoms with E-state index >= 15 is 0 Å². The molecule has 0 aliphatic carbocycles. The van der Waals surface area contributed by atoms with Crippen molar-refractivity contribution < 1.29 is 8.78 Å². The molecule has 0 atom stereocenters. The third-order valence-electron chi connectivity index (χ3n) is 3.33. The van der Waals surface area contributed by atoms with Gasteiger partial charge >= 0.3 is 0 Å². The maximum Gasteiger partial charge on any atom is 0.123 e. The highest BCUT2D eigenvalue weighted by molar-refractivity contribution is 7.80. The number of benzene rings is 3. The van der Waals surface area contributed by atoms with E-state index in [1.807, 2.05) is 18.2 Å². The highest BCUT2D eigenvalue weighted by Crippen LogP contribution is 2.36. The van der Waals surface area contributed by atoms with Gasteiger partial charge in [0.1, 0.15) is 11.6 Å². The Morgan fingerprint density at radius 1 is 0.619 bits per heavy atom. The molecular formula is C18H12F2S. The summed E-state index contributed by atoms with van der Waals surface area (Å²) in [5.41, 5.74) is 3.62. The molecule has 21 heavy (non-hydrogen) atoms. The van der Waals surface area contributed by atoms with Crippen molar-refractivity contribution in [2.75, 3.05) is 0 Å². The van der Waals surface area contributed by atoms with Gasteiger partial charge in [-0.1, -0.05) is 36.4 Å². The minimum atomic E-state index is -0.279. The van der Waals surface area contributed by atoms with Crippen LogP contribution in [0.1, 0.15) is 0 Å². The lowest BCUT2D eigenvalue weighted by molar-refractivity contribution is 0.627. The molecule has 0 aliphatic heterocycles. The third-order valence-corrected chi connectivity index (χ3v) is 3.70. The van der Waals surface area contributed by atoms with Gasteiger partial charge in [0, 0.05) is 10.5 Å². The monoisotopic (exact) mass is 298 g/mol. The van der Waals surface area contributed by atoms with Crippen LogP contribution in [-0.2, 0) is 0 Å². The largest absolute Gasteiger partial charge is 0.207 e. The number of hydrogen-bond donors (Lipinski definition) is 1. The highest BCUT2D eigenvalue weighted by Gasteiger charge is 2.10. The Hall–Kier alpha value is -2.13. The zero-order valence-electron chi connectivity index (χ0n) is 11.1. The zero-order chi connectivity index (χ0) is 14.8. The van der Waals surface area contributed by atoms with Crippen LogP contribution in [0.25, 0.3) is 22.3 Å². The summed E-state index contributed by atoms with van der Waals surface area (Å²) in [7, 11) is 0. The van der Waals surface area contributed by atoms with E-state index in [2.05, 4.69) is 12.6 Å². The Bertz CT molecular complexity index is 762. The number of hydrogen-bond acceptors (Lipinski definition) is 1. The molecule has 0 fully saturated rings. The van der Waals surface area contributed by atoms with E-state index in [1.54, 1.807) is 24.3 Å². The van der Waals surface area contributed by atoms with Gasteiger partial charge < -0.3 is 0 Å². The predicted molar refractivity (Wildman–Crippen MR) is 84.5 cm³/mol. The van der Waals surface area contributed by atoms with Crippen molar-refractivity contribution in [2.45, 2.75) is 4.90 Å². The summed E-state index contributed by atoms with van der Waals surface area (Å²) in [6.07, 6.45) is 0. The summed E-state index contributed by atoms with van der Waals surface area (Å²) in [6.45, 7) is 0. The van der Waals surface area contributed by atoms with Crippen molar-refractivity contribution in [3.05, 3.63) is 78.4 Å². The van der Waals surface area contributed by atoms with Crippen molar-refractivity contribution in [2.24, 2.45) is 0 Å². The van der Waals surface area contributed by atoms with Crippen molar-refractivity contribution in [1.29, 1.82) is 0 Å². The van der Waals surface area contributed by atoms with Crippen LogP contribution in [0.2, 0.25) is 0 Å². The molecule has 0 aliphatic rings. The first-order valence-corrected chi connectivity index (χ1v) is 6.94. The topological polar surface area (TPSA) is 0 Å². The summed E-state index contributed by atoms with van der Waals surface area (Å²) in [6, 6.07) is 18.3. The number of thiol groups is 1. The molecule has 3 rings (SSSR count). The lowest BCUT2D eigenvalue weighted by atomic mass is 9.94. The van der Waals surface area contributed by atoms with Gasteiger partial charge in [0.05, 0.1) is 0 Å². The first-order valence-electron chi connectivity index (χ1n) is 6.49. The molecule has 0 radical (unpaired) electrons. The van der Waals surface area contributed by atoms with E-state index in [0.29, 0.717) is 0 Å². The molecule has 0 unspecified atom stereocenters. The zero-order valence-corrected chi connectivity index (χ0v) is 11.9. The lowest BCUT2D eigenvalue weighted by Crippen LogP contribution is -1.88. The molecule has 104 valence electrons. The Labute approximate surface area is 127 Å². The summed E-state index contributed by atoms with van der Waals surface area (Å²) in [5, 5.41) is 0. The van der Waals surface area contributed by atoms with Crippen LogP contribution in [0, 0.1) is 11.6 Å². The molecule has 3 aromatic carbocycles. The van der Waals surface area contributed by atoms with Gasteiger partial charge in [0.15, 0.2) is 0 Å². The number of halogens is 2. The van der Waals surface area contributed by atoms with E-state index < -0.39 is 0 Å². The summed E-state index contributed by atoms with van der Waals surface area (Å²) < 4.78 is 26.2. The molecule has 0 heterocycles. The molecule has 0 spiro atoms. The first-order chi connectivity index (χ1) is 10.1. The van der Waals surface area contributed by atoms with E-state index in [4.69, 9.17) is 0 Å². The van der Waals surface area contributed by atoms with Gasteiger partial charge in [-0.15, -0.1) is 12.6 Å². The molecule has 0 N–H and O–H groups in total. The van der Waals surface area contributed by atoms with Crippen LogP contribution in [0.3, 0.4) is 0 Å². The maximum absolute atomic E-state index is 13.1. The Morgan fingerprint density at radius 3 is 1.71 bits per heavy atom. The van der Waals surface area contributed by atoms with Gasteiger partial charge in [-0.3, -0.25) is 0 Å². The molecule has 3 aromatic rings. The van der Waals surface area contributed by atoms with Crippen molar-refractivity contribution >= 4 is 12.6 Å². The Morgan fingerprint density at radius 2 is 1.14 bits per heavy atom. The fraction of sp³-hybridized carbons (Fsp3) is 0. The molecule has 0 bridgehead atoms. The van der Waals surface area contributed by atoms with Crippen molar-refractivity contribution in [3.8, 4) is 22.3 Å². The quantitative estimate of drug-likeness (QED) is 0.586. The van der Waals surface area contributed by atoms with Crippen LogP contribution in [0.15, 0.2) is 71.6 Å². The second-order valence-electron chi connectivity index (χ2n) is 4.71. The van der Waals surface area contributed by atoms with Crippen LogP contribution in [0.5, 0.6) is 0 Å². The smallest absolute Gasteiger partial charge is 0.123 e. The van der Waals surface area contributed by atoms with E-state index in [-0.39, 0.29) is 11.6 Å². The SMILES string of the molecule is Fc1ccc(-c2cccc(S)c2-c2ccc(F)cc2)cc1. The highest BCUT2D eigenvalue weighted by atomic mass is 32.1. The molecule has 0 amide bonds. The Kier molecular flexibility index (Phi) is 3.76. The van der Waals surface area contributed by atoms with Crippen LogP contribution < -0.4 is 0 Å². The first kappa shape index (κ1) is 13.8. The fourth-order valence-electron chi connectivity index (χ4n) is 2.33. The molecule has 0 nitrogen and oxygen atoms in total. The normalized spacial score (nSPS) is 10.6. The van der Waals surface area contributed by atoms with Crippen LogP contribution >= 0.6 is 12.6 Å². The van der Waals surface area contributed by atoms with Gasteiger partial charge in [0.25, 0.3) is 0 Å². The summed E-state index contributed by atoms with van der Waals surface area (Å²) in [5.74, 6) is -0.553. The van der Waals surface area contributed by atoms with Crippen LogP contribution in [-0.4, -0.2) is 0 Å². The third kappa shape index (κ3) is 2.83. The molecule has 3 heteroatoms. The second-order valence-corrected chi connectivity index (χ2v) is 5.20. The molecule has 0 aromatic heterocycles. The Balaban J connectivity index is 2.20. The van der Waals surface area contributed by atoms with Crippen LogP contribution in [0.4, 0.5) is 8.78 Å². The van der Waals surface area contributed by atoms with E-state index in [0.717, 1.165) is 27.1 Å². The summed E-state index contributed by atoms with van der Waals surface area (Å²) >= 11 is 4.51. The second kappa shape index (κ2) is 5.70. The molecular weight excluding hydrogens is 286 g/mol. The minimum absolute atomic E-state index is 0.274. The predicted octanol–water partition coefficient (Wildman–Crippen LogP) is 5.59. The van der Waals surface area contributed by atoms with Gasteiger partial charge in [-0.25, -0.2) is 8.78 Å². The molecule has 0 saturated heterocycles. The fourth-order valence-corrected chi connectivity index (χ4v) is 2.67. The van der Waals surface area contributed by atoms with Gasteiger partial charge in [0.2, 0.25) is 0 Å². The van der Waals surface area contributed by atoms with Gasteiger partial charge in [-0.2, -0.15) is 0 Å². The maximum atomic E-state index is 13.1. The lowest BCUT2D eigenvalue weighted by Gasteiger charge is -2.13. The van der Waals surface area contributed by atoms with Gasteiger partial charge in [-0.05, 0) is 47.0 Å². The summed E-state index contributed by atoms with van der Waals surface area (Å²) in [4.78, 5) is 0.795. The van der Waals surface area contributed by atoms with E-state index in [1.165, 1.54) is 24.3 Å².